The van der Waals surface area contributed by atoms with Crippen molar-refractivity contribution in [1.82, 2.24) is 15.1 Å². The van der Waals surface area contributed by atoms with Gasteiger partial charge in [-0.05, 0) is 25.7 Å². The number of hydrogen-bond acceptors (Lipinski definition) is 4. The first kappa shape index (κ1) is 14.3. The van der Waals surface area contributed by atoms with Gasteiger partial charge in [0, 0.05) is 32.2 Å². The van der Waals surface area contributed by atoms with Crippen molar-refractivity contribution in [1.29, 1.82) is 0 Å². The van der Waals surface area contributed by atoms with Gasteiger partial charge in [-0.3, -0.25) is 14.5 Å². The van der Waals surface area contributed by atoms with Crippen LogP contribution in [0, 0.1) is 0 Å². The summed E-state index contributed by atoms with van der Waals surface area (Å²) in [6.07, 6.45) is 4.04. The quantitative estimate of drug-likeness (QED) is 0.696. The monoisotopic (exact) mass is 268 g/mol. The number of amides is 2. The summed E-state index contributed by atoms with van der Waals surface area (Å²) in [5, 5.41) is 2.71. The summed E-state index contributed by atoms with van der Waals surface area (Å²) in [6, 6.07) is 0.274. The minimum absolute atomic E-state index is 0.0338. The maximum atomic E-state index is 11.8. The standard InChI is InChI=1S/C13H24N4O2/c14-11-3-7-16(8-4-11)10-12(18)15-9-13(19)17-5-1-2-6-17/h11H,1-10,14H2,(H,15,18). The van der Waals surface area contributed by atoms with E-state index in [0.29, 0.717) is 6.54 Å². The number of rotatable bonds is 4. The van der Waals surface area contributed by atoms with E-state index in [1.807, 2.05) is 4.90 Å². The van der Waals surface area contributed by atoms with Crippen LogP contribution in [0.15, 0.2) is 0 Å². The van der Waals surface area contributed by atoms with Crippen LogP contribution in [-0.2, 0) is 9.59 Å². The lowest BCUT2D eigenvalue weighted by atomic mass is 10.1. The number of nitrogens with zero attached hydrogens (tertiary/aromatic N) is 2. The molecule has 0 aromatic heterocycles. The highest BCUT2D eigenvalue weighted by atomic mass is 16.2. The predicted molar refractivity (Wildman–Crippen MR) is 72.5 cm³/mol. The van der Waals surface area contributed by atoms with Gasteiger partial charge in [0.15, 0.2) is 0 Å². The molecule has 6 nitrogen and oxygen atoms in total. The third-order valence-electron chi connectivity index (χ3n) is 3.90. The highest BCUT2D eigenvalue weighted by molar-refractivity contribution is 5.85. The van der Waals surface area contributed by atoms with Crippen LogP contribution in [-0.4, -0.2) is 66.9 Å². The van der Waals surface area contributed by atoms with Crippen molar-refractivity contribution in [3.8, 4) is 0 Å². The van der Waals surface area contributed by atoms with E-state index in [1.165, 1.54) is 0 Å². The van der Waals surface area contributed by atoms with Crippen LogP contribution in [0.2, 0.25) is 0 Å². The van der Waals surface area contributed by atoms with Crippen LogP contribution in [0.1, 0.15) is 25.7 Å². The molecule has 2 heterocycles. The van der Waals surface area contributed by atoms with Gasteiger partial charge in [0.05, 0.1) is 13.1 Å². The molecule has 0 saturated carbocycles. The van der Waals surface area contributed by atoms with Gasteiger partial charge < -0.3 is 16.0 Å². The molecule has 108 valence electrons. The highest BCUT2D eigenvalue weighted by Crippen LogP contribution is 2.08. The summed E-state index contributed by atoms with van der Waals surface area (Å²) in [7, 11) is 0. The van der Waals surface area contributed by atoms with Gasteiger partial charge in [-0.2, -0.15) is 0 Å². The Morgan fingerprint density at radius 2 is 1.74 bits per heavy atom. The molecule has 0 aliphatic carbocycles. The first-order valence-electron chi connectivity index (χ1n) is 7.17. The maximum Gasteiger partial charge on any atom is 0.241 e. The Bertz CT molecular complexity index is 321. The minimum Gasteiger partial charge on any atom is -0.346 e. The summed E-state index contributed by atoms with van der Waals surface area (Å²) in [6.45, 7) is 3.91. The zero-order valence-corrected chi connectivity index (χ0v) is 11.4. The SMILES string of the molecule is NC1CCN(CC(=O)NCC(=O)N2CCCC2)CC1. The number of likely N-dealkylation sites (tertiary alicyclic amines) is 2. The van der Waals surface area contributed by atoms with Gasteiger partial charge in [-0.1, -0.05) is 0 Å². The van der Waals surface area contributed by atoms with Crippen molar-refractivity contribution in [3.63, 3.8) is 0 Å². The fourth-order valence-electron chi connectivity index (χ4n) is 2.62. The second-order valence-electron chi connectivity index (χ2n) is 5.48. The molecule has 0 spiro atoms. The molecule has 19 heavy (non-hydrogen) atoms. The minimum atomic E-state index is -0.0666. The van der Waals surface area contributed by atoms with Gasteiger partial charge in [-0.25, -0.2) is 0 Å². The van der Waals surface area contributed by atoms with Crippen molar-refractivity contribution in [2.45, 2.75) is 31.7 Å². The molecule has 2 saturated heterocycles. The number of piperidine rings is 1. The molecule has 2 fully saturated rings. The van der Waals surface area contributed by atoms with Crippen molar-refractivity contribution in [2.24, 2.45) is 5.73 Å². The topological polar surface area (TPSA) is 78.7 Å². The Morgan fingerprint density at radius 1 is 1.11 bits per heavy atom. The second kappa shape index (κ2) is 6.86. The van der Waals surface area contributed by atoms with Gasteiger partial charge in [-0.15, -0.1) is 0 Å². The molecule has 0 radical (unpaired) electrons. The molecule has 0 bridgehead atoms. The fourth-order valence-corrected chi connectivity index (χ4v) is 2.62. The van der Waals surface area contributed by atoms with Gasteiger partial charge >= 0.3 is 0 Å². The van der Waals surface area contributed by atoms with Gasteiger partial charge in [0.25, 0.3) is 0 Å². The number of carbonyl (C=O) groups is 2. The van der Waals surface area contributed by atoms with Crippen molar-refractivity contribution in [3.05, 3.63) is 0 Å². The van der Waals surface area contributed by atoms with Crippen LogP contribution in [0.3, 0.4) is 0 Å². The van der Waals surface area contributed by atoms with Crippen LogP contribution < -0.4 is 11.1 Å². The normalized spacial score (nSPS) is 21.6. The van der Waals surface area contributed by atoms with E-state index in [4.69, 9.17) is 5.73 Å². The third kappa shape index (κ3) is 4.47. The van der Waals surface area contributed by atoms with E-state index in [1.54, 1.807) is 0 Å². The molecule has 3 N–H and O–H groups in total. The number of hydrogen-bond donors (Lipinski definition) is 2. The Balaban J connectivity index is 1.62. The molecule has 2 aliphatic heterocycles. The lowest BCUT2D eigenvalue weighted by Gasteiger charge is -2.29. The Labute approximate surface area is 114 Å². The summed E-state index contributed by atoms with van der Waals surface area (Å²) >= 11 is 0. The summed E-state index contributed by atoms with van der Waals surface area (Å²) in [4.78, 5) is 27.4. The zero-order valence-electron chi connectivity index (χ0n) is 11.4. The number of carbonyl (C=O) groups excluding carboxylic acids is 2. The average molecular weight is 268 g/mol. The molecule has 0 aromatic carbocycles. The molecule has 2 amide bonds. The number of nitrogens with one attached hydrogen (secondary N) is 1. The van der Waals surface area contributed by atoms with Crippen molar-refractivity contribution in [2.75, 3.05) is 39.3 Å². The Kier molecular flexibility index (Phi) is 5.15. The van der Waals surface area contributed by atoms with Crippen LogP contribution in [0.25, 0.3) is 0 Å². The molecule has 2 aliphatic rings. The lowest BCUT2D eigenvalue weighted by molar-refractivity contribution is -0.132. The summed E-state index contributed by atoms with van der Waals surface area (Å²) in [5.41, 5.74) is 5.82. The van der Waals surface area contributed by atoms with E-state index >= 15 is 0 Å². The molecule has 6 heteroatoms. The van der Waals surface area contributed by atoms with E-state index in [0.717, 1.165) is 51.9 Å². The lowest BCUT2D eigenvalue weighted by Crippen LogP contribution is -2.46. The Morgan fingerprint density at radius 3 is 2.37 bits per heavy atom. The Hall–Kier alpha value is -1.14. The van der Waals surface area contributed by atoms with Crippen LogP contribution >= 0.6 is 0 Å². The van der Waals surface area contributed by atoms with Crippen molar-refractivity contribution < 1.29 is 9.59 Å². The summed E-state index contributed by atoms with van der Waals surface area (Å²) < 4.78 is 0. The van der Waals surface area contributed by atoms with E-state index < -0.39 is 0 Å². The molecular formula is C13H24N4O2. The molecule has 2 rings (SSSR count). The highest BCUT2D eigenvalue weighted by Gasteiger charge is 2.20. The van der Waals surface area contributed by atoms with Crippen molar-refractivity contribution >= 4 is 11.8 Å². The zero-order chi connectivity index (χ0) is 13.7. The molecular weight excluding hydrogens is 244 g/mol. The first-order valence-corrected chi connectivity index (χ1v) is 7.17. The second-order valence-corrected chi connectivity index (χ2v) is 5.48. The van der Waals surface area contributed by atoms with Gasteiger partial charge in [0.2, 0.25) is 11.8 Å². The largest absolute Gasteiger partial charge is 0.346 e. The number of nitrogens with two attached hydrogens (primary N) is 1. The van der Waals surface area contributed by atoms with E-state index in [-0.39, 0.29) is 24.4 Å². The van der Waals surface area contributed by atoms with Gasteiger partial charge in [0.1, 0.15) is 0 Å². The molecule has 0 unspecified atom stereocenters. The first-order chi connectivity index (χ1) is 9.15. The maximum absolute atomic E-state index is 11.8. The smallest absolute Gasteiger partial charge is 0.241 e. The molecule has 0 atom stereocenters. The summed E-state index contributed by atoms with van der Waals surface area (Å²) in [5.74, 6) is -0.0328. The van der Waals surface area contributed by atoms with E-state index in [2.05, 4.69) is 10.2 Å². The fraction of sp³-hybridized carbons (Fsp3) is 0.846. The van der Waals surface area contributed by atoms with Crippen LogP contribution in [0.4, 0.5) is 0 Å². The predicted octanol–water partition coefficient (Wildman–Crippen LogP) is -0.852. The van der Waals surface area contributed by atoms with E-state index in [9.17, 15) is 9.59 Å². The van der Waals surface area contributed by atoms with Crippen LogP contribution in [0.5, 0.6) is 0 Å². The molecule has 0 aromatic rings. The average Bonchev–Trinajstić information content (AvgIpc) is 2.93. The third-order valence-corrected chi connectivity index (χ3v) is 3.90.